The van der Waals surface area contributed by atoms with Gasteiger partial charge in [0.25, 0.3) is 0 Å². The first-order valence-corrected chi connectivity index (χ1v) is 12.1. The lowest BCUT2D eigenvalue weighted by molar-refractivity contribution is 0.309. The van der Waals surface area contributed by atoms with Crippen LogP contribution in [-0.2, 0) is 0 Å². The van der Waals surface area contributed by atoms with Crippen molar-refractivity contribution in [2.45, 2.75) is 66.7 Å². The van der Waals surface area contributed by atoms with Crippen molar-refractivity contribution in [2.24, 2.45) is 5.41 Å². The Morgan fingerprint density at radius 3 is 2.60 bits per heavy atom. The molecular formula is C28H36OS. The van der Waals surface area contributed by atoms with Crippen LogP contribution in [-0.4, -0.2) is 6.61 Å². The molecule has 1 aliphatic rings. The van der Waals surface area contributed by atoms with Crippen molar-refractivity contribution < 1.29 is 4.74 Å². The SMILES string of the molecule is CCCCOc1ccc(-c2ccc(C=C(C)C=CC3=C(C)CCCC3(C)C)s2)cc1. The number of benzene rings is 1. The molecule has 0 unspecified atom stereocenters. The van der Waals surface area contributed by atoms with Gasteiger partial charge in [0.15, 0.2) is 0 Å². The summed E-state index contributed by atoms with van der Waals surface area (Å²) in [6, 6.07) is 12.9. The maximum Gasteiger partial charge on any atom is 0.119 e. The lowest BCUT2D eigenvalue weighted by Gasteiger charge is -2.32. The fraction of sp³-hybridized carbons (Fsp3) is 0.429. The zero-order valence-electron chi connectivity index (χ0n) is 19.3. The zero-order valence-corrected chi connectivity index (χ0v) is 20.1. The first-order valence-electron chi connectivity index (χ1n) is 11.3. The van der Waals surface area contributed by atoms with Crippen LogP contribution in [0.5, 0.6) is 5.75 Å². The highest BCUT2D eigenvalue weighted by molar-refractivity contribution is 7.16. The molecule has 1 nitrogen and oxygen atoms in total. The van der Waals surface area contributed by atoms with Crippen molar-refractivity contribution in [3.63, 3.8) is 0 Å². The number of hydrogen-bond donors (Lipinski definition) is 0. The zero-order chi connectivity index (χ0) is 21.6. The van der Waals surface area contributed by atoms with Gasteiger partial charge < -0.3 is 4.74 Å². The van der Waals surface area contributed by atoms with E-state index in [-0.39, 0.29) is 0 Å². The van der Waals surface area contributed by atoms with Gasteiger partial charge in [-0.15, -0.1) is 11.3 Å². The normalized spacial score (nSPS) is 17.0. The highest BCUT2D eigenvalue weighted by Crippen LogP contribution is 2.41. The Hall–Kier alpha value is -2.06. The molecule has 0 N–H and O–H groups in total. The van der Waals surface area contributed by atoms with Crippen LogP contribution in [0, 0.1) is 5.41 Å². The van der Waals surface area contributed by atoms with Gasteiger partial charge in [-0.2, -0.15) is 0 Å². The van der Waals surface area contributed by atoms with E-state index in [0.29, 0.717) is 5.41 Å². The van der Waals surface area contributed by atoms with E-state index in [1.165, 1.54) is 45.7 Å². The maximum absolute atomic E-state index is 5.78. The van der Waals surface area contributed by atoms with Gasteiger partial charge in [-0.1, -0.05) is 44.9 Å². The van der Waals surface area contributed by atoms with Gasteiger partial charge in [0.2, 0.25) is 0 Å². The quantitative estimate of drug-likeness (QED) is 0.305. The maximum atomic E-state index is 5.78. The van der Waals surface area contributed by atoms with Crippen molar-refractivity contribution in [1.29, 1.82) is 0 Å². The number of hydrogen-bond acceptors (Lipinski definition) is 2. The van der Waals surface area contributed by atoms with Gasteiger partial charge >= 0.3 is 0 Å². The van der Waals surface area contributed by atoms with Crippen LogP contribution in [0.4, 0.5) is 0 Å². The standard InChI is InChI=1S/C28H36OS/c1-6-7-19-29-24-13-11-23(12-14-24)27-17-15-25(30-27)20-21(2)10-16-26-22(3)9-8-18-28(26,4)5/h10-17,20H,6-9,18-19H2,1-5H3. The fourth-order valence-corrected chi connectivity index (χ4v) is 5.16. The van der Waals surface area contributed by atoms with Crippen LogP contribution in [0.2, 0.25) is 0 Å². The summed E-state index contributed by atoms with van der Waals surface area (Å²) in [5.74, 6) is 0.958. The molecule has 0 aliphatic heterocycles. The van der Waals surface area contributed by atoms with Crippen LogP contribution in [0.3, 0.4) is 0 Å². The number of thiophene rings is 1. The Balaban J connectivity index is 1.68. The minimum atomic E-state index is 0.293. The predicted octanol–water partition coefficient (Wildman–Crippen LogP) is 9.08. The van der Waals surface area contributed by atoms with Gasteiger partial charge in [-0.25, -0.2) is 0 Å². The summed E-state index contributed by atoms with van der Waals surface area (Å²) in [4.78, 5) is 2.59. The van der Waals surface area contributed by atoms with E-state index in [9.17, 15) is 0 Å². The average Bonchev–Trinajstić information content (AvgIpc) is 3.16. The lowest BCUT2D eigenvalue weighted by atomic mass is 9.72. The fourth-order valence-electron chi connectivity index (χ4n) is 4.13. The van der Waals surface area contributed by atoms with Crippen LogP contribution in [0.1, 0.15) is 71.6 Å². The Kier molecular flexibility index (Phi) is 7.77. The molecule has 0 radical (unpaired) electrons. The van der Waals surface area contributed by atoms with Gasteiger partial charge in [0, 0.05) is 9.75 Å². The smallest absolute Gasteiger partial charge is 0.119 e. The average molecular weight is 421 g/mol. The van der Waals surface area contributed by atoms with Gasteiger partial charge in [-0.3, -0.25) is 0 Å². The number of unbranched alkanes of at least 4 members (excludes halogenated alkanes) is 1. The van der Waals surface area contributed by atoms with Gasteiger partial charge in [0.1, 0.15) is 5.75 Å². The molecule has 0 atom stereocenters. The van der Waals surface area contributed by atoms with Crippen LogP contribution in [0.15, 0.2) is 65.3 Å². The molecule has 0 saturated carbocycles. The number of ether oxygens (including phenoxy) is 1. The summed E-state index contributed by atoms with van der Waals surface area (Å²) in [6.45, 7) is 12.2. The molecule has 1 aromatic carbocycles. The lowest BCUT2D eigenvalue weighted by Crippen LogP contribution is -2.19. The second-order valence-corrected chi connectivity index (χ2v) is 10.2. The van der Waals surface area contributed by atoms with E-state index >= 15 is 0 Å². The molecule has 2 aromatic rings. The molecule has 0 saturated heterocycles. The Labute approximate surface area is 187 Å². The molecule has 0 fully saturated rings. The molecule has 1 aromatic heterocycles. The van der Waals surface area contributed by atoms with Crippen molar-refractivity contribution in [3.8, 4) is 16.2 Å². The van der Waals surface area contributed by atoms with Crippen molar-refractivity contribution in [3.05, 3.63) is 70.1 Å². The first-order chi connectivity index (χ1) is 14.4. The summed E-state index contributed by atoms with van der Waals surface area (Å²) in [6.07, 6.45) is 13.0. The van der Waals surface area contributed by atoms with E-state index in [4.69, 9.17) is 4.74 Å². The topological polar surface area (TPSA) is 9.23 Å². The van der Waals surface area contributed by atoms with E-state index in [1.54, 1.807) is 5.57 Å². The third-order valence-electron chi connectivity index (χ3n) is 5.96. The third kappa shape index (κ3) is 5.98. The summed E-state index contributed by atoms with van der Waals surface area (Å²) in [5.41, 5.74) is 5.91. The van der Waals surface area contributed by atoms with Gasteiger partial charge in [-0.05, 0) is 104 Å². The molecule has 1 heterocycles. The molecular weight excluding hydrogens is 384 g/mol. The second-order valence-electron chi connectivity index (χ2n) is 9.08. The molecule has 0 amide bonds. The molecule has 3 rings (SSSR count). The van der Waals surface area contributed by atoms with Crippen LogP contribution >= 0.6 is 11.3 Å². The summed E-state index contributed by atoms with van der Waals surface area (Å²) < 4.78 is 5.78. The Morgan fingerprint density at radius 1 is 1.13 bits per heavy atom. The minimum absolute atomic E-state index is 0.293. The van der Waals surface area contributed by atoms with E-state index < -0.39 is 0 Å². The van der Waals surface area contributed by atoms with Crippen LogP contribution in [0.25, 0.3) is 16.5 Å². The highest BCUT2D eigenvalue weighted by atomic mass is 32.1. The first kappa shape index (κ1) is 22.6. The molecule has 1 aliphatic carbocycles. The summed E-state index contributed by atoms with van der Waals surface area (Å²) in [5, 5.41) is 0. The minimum Gasteiger partial charge on any atom is -0.494 e. The van der Waals surface area contributed by atoms with Crippen molar-refractivity contribution in [2.75, 3.05) is 6.61 Å². The summed E-state index contributed by atoms with van der Waals surface area (Å²) >= 11 is 1.84. The predicted molar refractivity (Wildman–Crippen MR) is 133 cm³/mol. The largest absolute Gasteiger partial charge is 0.494 e. The number of allylic oxidation sites excluding steroid dienone is 5. The molecule has 2 heteroatoms. The Morgan fingerprint density at radius 2 is 1.90 bits per heavy atom. The summed E-state index contributed by atoms with van der Waals surface area (Å²) in [7, 11) is 0. The molecule has 0 bridgehead atoms. The van der Waals surface area contributed by atoms with Crippen molar-refractivity contribution >= 4 is 17.4 Å². The monoisotopic (exact) mass is 420 g/mol. The molecule has 30 heavy (non-hydrogen) atoms. The molecule has 160 valence electrons. The van der Waals surface area contributed by atoms with Crippen LogP contribution < -0.4 is 4.74 Å². The van der Waals surface area contributed by atoms with E-state index in [2.05, 4.69) is 89.2 Å². The van der Waals surface area contributed by atoms with E-state index in [0.717, 1.165) is 25.2 Å². The van der Waals surface area contributed by atoms with E-state index in [1.807, 2.05) is 11.3 Å². The third-order valence-corrected chi connectivity index (χ3v) is 7.04. The van der Waals surface area contributed by atoms with Crippen molar-refractivity contribution in [1.82, 2.24) is 0 Å². The number of rotatable bonds is 8. The Bertz CT molecular complexity index is 922. The second kappa shape index (κ2) is 10.3. The molecule has 0 spiro atoms. The van der Waals surface area contributed by atoms with Gasteiger partial charge in [0.05, 0.1) is 6.61 Å². The highest BCUT2D eigenvalue weighted by Gasteiger charge is 2.26.